The molecule has 0 fully saturated rings. The van der Waals surface area contributed by atoms with Crippen molar-refractivity contribution in [2.75, 3.05) is 11.9 Å². The number of hydrogen-bond acceptors (Lipinski definition) is 2. The van der Waals surface area contributed by atoms with Crippen LogP contribution in [0.3, 0.4) is 0 Å². The van der Waals surface area contributed by atoms with Gasteiger partial charge in [-0.25, -0.2) is 0 Å². The van der Waals surface area contributed by atoms with Gasteiger partial charge in [0.2, 0.25) is 0 Å². The minimum absolute atomic E-state index is 0.0553. The lowest BCUT2D eigenvalue weighted by Gasteiger charge is -2.23. The molecule has 1 N–H and O–H groups in total. The summed E-state index contributed by atoms with van der Waals surface area (Å²) in [6.45, 7) is 4.64. The summed E-state index contributed by atoms with van der Waals surface area (Å²) < 4.78 is 5.48. The van der Waals surface area contributed by atoms with Gasteiger partial charge in [0.15, 0.2) is 0 Å². The van der Waals surface area contributed by atoms with Crippen molar-refractivity contribution in [2.45, 2.75) is 20.3 Å². The number of para-hydroxylation sites is 1. The standard InChI is InChI=1S/C14H17NO2/c1-10-8-13(11(2)17-9-10)14(16)15-12-6-4-3-5-7-12/h3-7,10H,8-9H2,1-2H3,(H,15,16). The number of anilines is 1. The lowest BCUT2D eigenvalue weighted by molar-refractivity contribution is -0.113. The molecule has 3 heteroatoms. The van der Waals surface area contributed by atoms with Gasteiger partial charge in [-0.15, -0.1) is 0 Å². The van der Waals surface area contributed by atoms with Crippen LogP contribution in [0.1, 0.15) is 20.3 Å². The van der Waals surface area contributed by atoms with Gasteiger partial charge in [0, 0.05) is 5.69 Å². The van der Waals surface area contributed by atoms with Gasteiger partial charge in [-0.2, -0.15) is 0 Å². The predicted octanol–water partition coefficient (Wildman–Crippen LogP) is 2.96. The maximum Gasteiger partial charge on any atom is 0.254 e. The van der Waals surface area contributed by atoms with Crippen molar-refractivity contribution in [1.82, 2.24) is 0 Å². The Hall–Kier alpha value is -1.77. The van der Waals surface area contributed by atoms with Crippen molar-refractivity contribution < 1.29 is 9.53 Å². The molecule has 0 aromatic heterocycles. The molecule has 1 atom stereocenters. The third-order valence-corrected chi connectivity index (χ3v) is 2.87. The Morgan fingerprint density at radius 1 is 1.35 bits per heavy atom. The molecule has 0 aliphatic carbocycles. The fourth-order valence-electron chi connectivity index (χ4n) is 1.89. The molecule has 2 rings (SSSR count). The van der Waals surface area contributed by atoms with E-state index in [-0.39, 0.29) is 5.91 Å². The van der Waals surface area contributed by atoms with E-state index in [1.165, 1.54) is 0 Å². The van der Waals surface area contributed by atoms with Crippen LogP contribution in [0.2, 0.25) is 0 Å². The Morgan fingerprint density at radius 3 is 2.76 bits per heavy atom. The number of nitrogens with one attached hydrogen (secondary N) is 1. The number of benzene rings is 1. The summed E-state index contributed by atoms with van der Waals surface area (Å²) in [5, 5.41) is 2.89. The average Bonchev–Trinajstić information content (AvgIpc) is 2.33. The predicted molar refractivity (Wildman–Crippen MR) is 67.5 cm³/mol. The second-order valence-corrected chi connectivity index (χ2v) is 4.48. The smallest absolute Gasteiger partial charge is 0.254 e. The average molecular weight is 231 g/mol. The van der Waals surface area contributed by atoms with E-state index in [2.05, 4.69) is 12.2 Å². The minimum Gasteiger partial charge on any atom is -0.497 e. The number of carbonyl (C=O) groups is 1. The van der Waals surface area contributed by atoms with Crippen LogP contribution < -0.4 is 5.32 Å². The molecule has 1 aliphatic rings. The van der Waals surface area contributed by atoms with Crippen molar-refractivity contribution in [3.8, 4) is 0 Å². The number of rotatable bonds is 2. The van der Waals surface area contributed by atoms with Gasteiger partial charge in [-0.1, -0.05) is 25.1 Å². The van der Waals surface area contributed by atoms with Crippen molar-refractivity contribution in [3.05, 3.63) is 41.7 Å². The zero-order chi connectivity index (χ0) is 12.3. The van der Waals surface area contributed by atoms with Crippen LogP contribution in [0.4, 0.5) is 5.69 Å². The van der Waals surface area contributed by atoms with Crippen LogP contribution in [0.25, 0.3) is 0 Å². The summed E-state index contributed by atoms with van der Waals surface area (Å²) in [7, 11) is 0. The van der Waals surface area contributed by atoms with E-state index in [0.29, 0.717) is 12.5 Å². The molecule has 0 saturated heterocycles. The van der Waals surface area contributed by atoms with Crippen LogP contribution in [0.15, 0.2) is 41.7 Å². The number of ether oxygens (including phenoxy) is 1. The van der Waals surface area contributed by atoms with Gasteiger partial charge in [-0.05, 0) is 31.4 Å². The second-order valence-electron chi connectivity index (χ2n) is 4.48. The third-order valence-electron chi connectivity index (χ3n) is 2.87. The molecule has 1 amide bonds. The first-order valence-corrected chi connectivity index (χ1v) is 5.86. The molecule has 17 heavy (non-hydrogen) atoms. The Bertz CT molecular complexity index is 437. The Labute approximate surface area is 101 Å². The number of allylic oxidation sites excluding steroid dienone is 1. The highest BCUT2D eigenvalue weighted by molar-refractivity contribution is 6.04. The van der Waals surface area contributed by atoms with E-state index in [9.17, 15) is 4.79 Å². The van der Waals surface area contributed by atoms with Gasteiger partial charge < -0.3 is 10.1 Å². The molecule has 0 radical (unpaired) electrons. The van der Waals surface area contributed by atoms with Crippen molar-refractivity contribution in [2.24, 2.45) is 5.92 Å². The largest absolute Gasteiger partial charge is 0.497 e. The summed E-state index contributed by atoms with van der Waals surface area (Å²) in [6.07, 6.45) is 0.782. The molecule has 1 aromatic carbocycles. The van der Waals surface area contributed by atoms with Crippen LogP contribution >= 0.6 is 0 Å². The van der Waals surface area contributed by atoms with Gasteiger partial charge in [-0.3, -0.25) is 4.79 Å². The topological polar surface area (TPSA) is 38.3 Å². The van der Waals surface area contributed by atoms with Gasteiger partial charge in [0.1, 0.15) is 5.76 Å². The number of carbonyl (C=O) groups excluding carboxylic acids is 1. The quantitative estimate of drug-likeness (QED) is 0.849. The molecule has 0 saturated carbocycles. The van der Waals surface area contributed by atoms with Crippen molar-refractivity contribution >= 4 is 11.6 Å². The van der Waals surface area contributed by atoms with Gasteiger partial charge in [0.25, 0.3) is 5.91 Å². The molecule has 1 heterocycles. The molecule has 1 aromatic rings. The third kappa shape index (κ3) is 2.87. The molecule has 1 unspecified atom stereocenters. The highest BCUT2D eigenvalue weighted by Crippen LogP contribution is 2.24. The van der Waals surface area contributed by atoms with E-state index in [1.807, 2.05) is 37.3 Å². The first-order valence-electron chi connectivity index (χ1n) is 5.86. The number of hydrogen-bond donors (Lipinski definition) is 1. The van der Waals surface area contributed by atoms with Crippen LogP contribution in [-0.2, 0) is 9.53 Å². The van der Waals surface area contributed by atoms with Crippen LogP contribution in [0, 0.1) is 5.92 Å². The first-order chi connectivity index (χ1) is 8.16. The zero-order valence-electron chi connectivity index (χ0n) is 10.2. The van der Waals surface area contributed by atoms with E-state index < -0.39 is 0 Å². The second kappa shape index (κ2) is 5.04. The van der Waals surface area contributed by atoms with E-state index in [4.69, 9.17) is 4.74 Å². The monoisotopic (exact) mass is 231 g/mol. The van der Waals surface area contributed by atoms with Crippen LogP contribution in [0.5, 0.6) is 0 Å². The lowest BCUT2D eigenvalue weighted by atomic mass is 9.98. The van der Waals surface area contributed by atoms with Crippen LogP contribution in [-0.4, -0.2) is 12.5 Å². The summed E-state index contributed by atoms with van der Waals surface area (Å²) >= 11 is 0. The van der Waals surface area contributed by atoms with Crippen molar-refractivity contribution in [1.29, 1.82) is 0 Å². The van der Waals surface area contributed by atoms with Crippen molar-refractivity contribution in [3.63, 3.8) is 0 Å². The Kier molecular flexibility index (Phi) is 3.47. The summed E-state index contributed by atoms with van der Waals surface area (Å²) in [4.78, 5) is 12.1. The highest BCUT2D eigenvalue weighted by Gasteiger charge is 2.22. The minimum atomic E-state index is -0.0553. The maximum atomic E-state index is 12.1. The molecule has 0 bridgehead atoms. The first kappa shape index (κ1) is 11.7. The van der Waals surface area contributed by atoms with Gasteiger partial charge in [0.05, 0.1) is 12.2 Å². The molecule has 3 nitrogen and oxygen atoms in total. The lowest BCUT2D eigenvalue weighted by Crippen LogP contribution is -2.23. The highest BCUT2D eigenvalue weighted by atomic mass is 16.5. The summed E-state index contributed by atoms with van der Waals surface area (Å²) in [6, 6.07) is 9.47. The Morgan fingerprint density at radius 2 is 2.06 bits per heavy atom. The zero-order valence-corrected chi connectivity index (χ0v) is 10.2. The molecular weight excluding hydrogens is 214 g/mol. The molecule has 0 spiro atoms. The van der Waals surface area contributed by atoms with E-state index in [0.717, 1.165) is 23.4 Å². The van der Waals surface area contributed by atoms with E-state index in [1.54, 1.807) is 0 Å². The molecule has 1 aliphatic heterocycles. The molecular formula is C14H17NO2. The summed E-state index contributed by atoms with van der Waals surface area (Å²) in [5.41, 5.74) is 1.57. The Balaban J connectivity index is 2.10. The fraction of sp³-hybridized carbons (Fsp3) is 0.357. The normalized spacial score (nSPS) is 19.8. The number of amides is 1. The maximum absolute atomic E-state index is 12.1. The summed E-state index contributed by atoms with van der Waals surface area (Å²) in [5.74, 6) is 1.09. The fourth-order valence-corrected chi connectivity index (χ4v) is 1.89. The van der Waals surface area contributed by atoms with Gasteiger partial charge >= 0.3 is 0 Å². The van der Waals surface area contributed by atoms with E-state index >= 15 is 0 Å². The molecule has 90 valence electrons. The SMILES string of the molecule is CC1=C(C(=O)Nc2ccccc2)CC(C)CO1.